The van der Waals surface area contributed by atoms with E-state index in [1.165, 1.54) is 0 Å². The molecule has 0 spiro atoms. The lowest BCUT2D eigenvalue weighted by Crippen LogP contribution is -2.19. The van der Waals surface area contributed by atoms with Crippen molar-refractivity contribution in [1.29, 1.82) is 0 Å². The zero-order chi connectivity index (χ0) is 10.8. The van der Waals surface area contributed by atoms with Crippen molar-refractivity contribution in [3.05, 3.63) is 29.8 Å². The Bertz CT molecular complexity index is 288. The summed E-state index contributed by atoms with van der Waals surface area (Å²) >= 11 is 0. The van der Waals surface area contributed by atoms with Gasteiger partial charge < -0.3 is 10.0 Å². The molecule has 0 aromatic heterocycles. The third-order valence-electron chi connectivity index (χ3n) is 2.69. The molecule has 2 heteroatoms. The van der Waals surface area contributed by atoms with Gasteiger partial charge in [-0.2, -0.15) is 0 Å². The van der Waals surface area contributed by atoms with Crippen LogP contribution in [0.3, 0.4) is 0 Å². The van der Waals surface area contributed by atoms with Crippen LogP contribution in [-0.2, 0) is 5.60 Å². The molecule has 0 saturated heterocycles. The molecule has 14 heavy (non-hydrogen) atoms. The Morgan fingerprint density at radius 2 is 1.71 bits per heavy atom. The van der Waals surface area contributed by atoms with E-state index in [0.29, 0.717) is 0 Å². The molecule has 0 radical (unpaired) electrons. The minimum absolute atomic E-state index is 0.704. The molecular formula is C12H19NO. The van der Waals surface area contributed by atoms with Crippen LogP contribution in [-0.4, -0.2) is 19.2 Å². The van der Waals surface area contributed by atoms with Gasteiger partial charge in [-0.05, 0) is 31.0 Å². The molecule has 1 aromatic carbocycles. The first-order chi connectivity index (χ1) is 6.47. The molecule has 0 amide bonds. The van der Waals surface area contributed by atoms with Crippen LogP contribution in [0.2, 0.25) is 0 Å². The molecule has 0 aliphatic rings. The Morgan fingerprint density at radius 1 is 1.21 bits per heavy atom. The summed E-state index contributed by atoms with van der Waals surface area (Å²) < 4.78 is 0. The van der Waals surface area contributed by atoms with Crippen LogP contribution >= 0.6 is 0 Å². The molecule has 1 rings (SSSR count). The van der Waals surface area contributed by atoms with Gasteiger partial charge in [-0.1, -0.05) is 19.1 Å². The van der Waals surface area contributed by atoms with Gasteiger partial charge in [0.25, 0.3) is 0 Å². The van der Waals surface area contributed by atoms with Crippen molar-refractivity contribution in [3.63, 3.8) is 0 Å². The highest BCUT2D eigenvalue weighted by molar-refractivity contribution is 5.46. The smallest absolute Gasteiger partial charge is 0.0865 e. The van der Waals surface area contributed by atoms with Crippen LogP contribution in [0.25, 0.3) is 0 Å². The molecule has 0 aliphatic carbocycles. The van der Waals surface area contributed by atoms with Crippen LogP contribution in [0.15, 0.2) is 24.3 Å². The molecule has 2 nitrogen and oxygen atoms in total. The van der Waals surface area contributed by atoms with Crippen LogP contribution < -0.4 is 4.90 Å². The summed E-state index contributed by atoms with van der Waals surface area (Å²) in [6.45, 7) is 3.83. The second-order valence-electron chi connectivity index (χ2n) is 4.07. The number of rotatable bonds is 3. The van der Waals surface area contributed by atoms with Crippen molar-refractivity contribution in [1.82, 2.24) is 0 Å². The van der Waals surface area contributed by atoms with E-state index in [1.807, 2.05) is 57.1 Å². The first kappa shape index (κ1) is 11.1. The summed E-state index contributed by atoms with van der Waals surface area (Å²) in [5, 5.41) is 10.0. The van der Waals surface area contributed by atoms with Crippen molar-refractivity contribution >= 4 is 5.69 Å². The molecule has 78 valence electrons. The fraction of sp³-hybridized carbons (Fsp3) is 0.500. The van der Waals surface area contributed by atoms with E-state index in [9.17, 15) is 5.11 Å². The maximum absolute atomic E-state index is 10.0. The van der Waals surface area contributed by atoms with Gasteiger partial charge in [-0.3, -0.25) is 0 Å². The number of nitrogens with zero attached hydrogens (tertiary/aromatic N) is 1. The standard InChI is InChI=1S/C12H19NO/c1-5-12(2,14)10-6-8-11(9-7-10)13(3)4/h6-9,14H,5H2,1-4H3/t12-/m1/s1. The zero-order valence-electron chi connectivity index (χ0n) is 9.41. The number of hydrogen-bond donors (Lipinski definition) is 1. The van der Waals surface area contributed by atoms with E-state index in [0.717, 1.165) is 17.7 Å². The predicted molar refractivity (Wildman–Crippen MR) is 60.6 cm³/mol. The maximum atomic E-state index is 10.0. The Labute approximate surface area is 86.2 Å². The highest BCUT2D eigenvalue weighted by atomic mass is 16.3. The van der Waals surface area contributed by atoms with Gasteiger partial charge in [0.15, 0.2) is 0 Å². The van der Waals surface area contributed by atoms with Crippen LogP contribution in [0.1, 0.15) is 25.8 Å². The summed E-state index contributed by atoms with van der Waals surface area (Å²) in [6, 6.07) is 8.02. The fourth-order valence-corrected chi connectivity index (χ4v) is 1.32. The minimum atomic E-state index is -0.704. The fourth-order valence-electron chi connectivity index (χ4n) is 1.32. The number of benzene rings is 1. The van der Waals surface area contributed by atoms with Gasteiger partial charge in [0, 0.05) is 19.8 Å². The quantitative estimate of drug-likeness (QED) is 0.796. The molecular weight excluding hydrogens is 174 g/mol. The van der Waals surface area contributed by atoms with Crippen LogP contribution in [0.5, 0.6) is 0 Å². The van der Waals surface area contributed by atoms with Crippen molar-refractivity contribution in [2.24, 2.45) is 0 Å². The molecule has 0 unspecified atom stereocenters. The largest absolute Gasteiger partial charge is 0.385 e. The lowest BCUT2D eigenvalue weighted by atomic mass is 9.93. The molecule has 1 N–H and O–H groups in total. The first-order valence-corrected chi connectivity index (χ1v) is 4.97. The summed E-state index contributed by atoms with van der Waals surface area (Å²) in [5.74, 6) is 0. The summed E-state index contributed by atoms with van der Waals surface area (Å²) in [4.78, 5) is 2.05. The number of hydrogen-bond acceptors (Lipinski definition) is 2. The van der Waals surface area contributed by atoms with Crippen molar-refractivity contribution < 1.29 is 5.11 Å². The first-order valence-electron chi connectivity index (χ1n) is 4.97. The highest BCUT2D eigenvalue weighted by Gasteiger charge is 2.19. The van der Waals surface area contributed by atoms with E-state index in [2.05, 4.69) is 0 Å². The molecule has 0 aliphatic heterocycles. The van der Waals surface area contributed by atoms with Crippen LogP contribution in [0.4, 0.5) is 5.69 Å². The van der Waals surface area contributed by atoms with Crippen molar-refractivity contribution in [2.75, 3.05) is 19.0 Å². The van der Waals surface area contributed by atoms with E-state index < -0.39 is 5.60 Å². The van der Waals surface area contributed by atoms with Gasteiger partial charge in [0.05, 0.1) is 5.60 Å². The average Bonchev–Trinajstić information content (AvgIpc) is 2.18. The Balaban J connectivity index is 2.94. The van der Waals surface area contributed by atoms with Gasteiger partial charge in [0.2, 0.25) is 0 Å². The second kappa shape index (κ2) is 4.01. The highest BCUT2D eigenvalue weighted by Crippen LogP contribution is 2.25. The van der Waals surface area contributed by atoms with E-state index in [-0.39, 0.29) is 0 Å². The molecule has 0 fully saturated rings. The lowest BCUT2D eigenvalue weighted by molar-refractivity contribution is 0.0531. The van der Waals surface area contributed by atoms with Crippen molar-refractivity contribution in [2.45, 2.75) is 25.9 Å². The Hall–Kier alpha value is -1.02. The van der Waals surface area contributed by atoms with Crippen molar-refractivity contribution in [3.8, 4) is 0 Å². The third-order valence-corrected chi connectivity index (χ3v) is 2.69. The molecule has 1 atom stereocenters. The molecule has 0 heterocycles. The van der Waals surface area contributed by atoms with Crippen LogP contribution in [0, 0.1) is 0 Å². The lowest BCUT2D eigenvalue weighted by Gasteiger charge is -2.22. The van der Waals surface area contributed by atoms with Gasteiger partial charge in [-0.15, -0.1) is 0 Å². The zero-order valence-corrected chi connectivity index (χ0v) is 9.41. The SMILES string of the molecule is CC[C@@](C)(O)c1ccc(N(C)C)cc1. The Morgan fingerprint density at radius 3 is 2.07 bits per heavy atom. The summed E-state index contributed by atoms with van der Waals surface area (Å²) in [6.07, 6.45) is 0.730. The van der Waals surface area contributed by atoms with Gasteiger partial charge in [0.1, 0.15) is 0 Å². The maximum Gasteiger partial charge on any atom is 0.0865 e. The monoisotopic (exact) mass is 193 g/mol. The summed E-state index contributed by atoms with van der Waals surface area (Å²) in [5.41, 5.74) is 1.43. The molecule has 0 bridgehead atoms. The van der Waals surface area contributed by atoms with Gasteiger partial charge in [-0.25, -0.2) is 0 Å². The minimum Gasteiger partial charge on any atom is -0.385 e. The number of anilines is 1. The van der Waals surface area contributed by atoms with Gasteiger partial charge >= 0.3 is 0 Å². The number of aliphatic hydroxyl groups is 1. The van der Waals surface area contributed by atoms with E-state index in [1.54, 1.807) is 0 Å². The third kappa shape index (κ3) is 2.26. The molecule has 1 aromatic rings. The second-order valence-corrected chi connectivity index (χ2v) is 4.07. The average molecular weight is 193 g/mol. The summed E-state index contributed by atoms with van der Waals surface area (Å²) in [7, 11) is 4.01. The van der Waals surface area contributed by atoms with E-state index >= 15 is 0 Å². The predicted octanol–water partition coefficient (Wildman–Crippen LogP) is 2.37. The normalized spacial score (nSPS) is 14.9. The van der Waals surface area contributed by atoms with E-state index in [4.69, 9.17) is 0 Å². The topological polar surface area (TPSA) is 23.5 Å². The molecule has 0 saturated carbocycles. The Kier molecular flexibility index (Phi) is 3.17.